The number of nitrogens with one attached hydrogen (secondary N) is 1. The molecular weight excluding hydrogens is 366 g/mol. The number of anilines is 1. The number of benzene rings is 1. The lowest BCUT2D eigenvalue weighted by Gasteiger charge is -2.23. The number of sulfonamides is 1. The van der Waals surface area contributed by atoms with Crippen molar-refractivity contribution in [1.29, 1.82) is 0 Å². The molecule has 10 heteroatoms. The Morgan fingerprint density at radius 1 is 1.35 bits per heavy atom. The van der Waals surface area contributed by atoms with Crippen LogP contribution in [0.2, 0.25) is 0 Å². The summed E-state index contributed by atoms with van der Waals surface area (Å²) in [6.45, 7) is -1.29. The number of hydrogen-bond donors (Lipinski definition) is 1. The Balaban J connectivity index is 2.00. The van der Waals surface area contributed by atoms with Gasteiger partial charge >= 0.3 is 6.55 Å². The smallest absolute Gasteiger partial charge is 0.319 e. The minimum Gasteiger partial charge on any atom is -0.354 e. The maximum absolute atomic E-state index is 12.7. The van der Waals surface area contributed by atoms with Gasteiger partial charge in [0.15, 0.2) is 0 Å². The van der Waals surface area contributed by atoms with Gasteiger partial charge in [0.2, 0.25) is 15.9 Å². The molecule has 1 heterocycles. The standard InChI is InChI=1S/C16H20F2N4O3S/c1-12-5-3-4-6-13(12)22(26(2,24)25)11-15(23)20-8-7-14-19-9-10-21(14)16(17)18/h3-6,9-10,16H,7-8,11H2,1-2H3,(H,20,23). The van der Waals surface area contributed by atoms with E-state index in [1.54, 1.807) is 31.2 Å². The zero-order chi connectivity index (χ0) is 19.3. The fourth-order valence-electron chi connectivity index (χ4n) is 2.44. The minimum atomic E-state index is -3.66. The molecule has 0 aliphatic carbocycles. The average molecular weight is 386 g/mol. The van der Waals surface area contributed by atoms with E-state index in [1.807, 2.05) is 0 Å². The largest absolute Gasteiger partial charge is 0.354 e. The molecule has 26 heavy (non-hydrogen) atoms. The third-order valence-electron chi connectivity index (χ3n) is 3.70. The number of amides is 1. The number of aryl methyl sites for hydroxylation is 1. The van der Waals surface area contributed by atoms with Crippen LogP contribution in [0, 0.1) is 6.92 Å². The molecule has 0 unspecified atom stereocenters. The fraction of sp³-hybridized carbons (Fsp3) is 0.375. The molecule has 0 fully saturated rings. The van der Waals surface area contributed by atoms with Gasteiger partial charge in [0.25, 0.3) is 0 Å². The molecule has 1 aromatic carbocycles. The molecule has 0 aliphatic rings. The van der Waals surface area contributed by atoms with Crippen LogP contribution in [0.5, 0.6) is 0 Å². The average Bonchev–Trinajstić information content (AvgIpc) is 3.01. The topological polar surface area (TPSA) is 84.3 Å². The number of aromatic nitrogens is 2. The molecule has 2 aromatic rings. The maximum atomic E-state index is 12.7. The first-order valence-electron chi connectivity index (χ1n) is 7.80. The van der Waals surface area contributed by atoms with Gasteiger partial charge in [-0.05, 0) is 18.6 Å². The number of imidazole rings is 1. The third-order valence-corrected chi connectivity index (χ3v) is 4.83. The molecule has 0 aliphatic heterocycles. The summed E-state index contributed by atoms with van der Waals surface area (Å²) >= 11 is 0. The third kappa shape index (κ3) is 5.01. The van der Waals surface area contributed by atoms with E-state index in [0.29, 0.717) is 15.8 Å². The first kappa shape index (κ1) is 19.8. The predicted molar refractivity (Wildman–Crippen MR) is 93.6 cm³/mol. The van der Waals surface area contributed by atoms with Crippen LogP contribution in [-0.4, -0.2) is 43.2 Å². The van der Waals surface area contributed by atoms with Crippen LogP contribution < -0.4 is 9.62 Å². The van der Waals surface area contributed by atoms with Crippen molar-refractivity contribution in [1.82, 2.24) is 14.9 Å². The summed E-state index contributed by atoms with van der Waals surface area (Å²) in [7, 11) is -3.66. The van der Waals surface area contributed by atoms with Crippen molar-refractivity contribution in [3.8, 4) is 0 Å². The first-order valence-corrected chi connectivity index (χ1v) is 9.65. The minimum absolute atomic E-state index is 0.0634. The zero-order valence-corrected chi connectivity index (χ0v) is 15.2. The number of carbonyl (C=O) groups excluding carboxylic acids is 1. The second-order valence-electron chi connectivity index (χ2n) is 5.68. The first-order chi connectivity index (χ1) is 12.2. The number of rotatable bonds is 8. The lowest BCUT2D eigenvalue weighted by atomic mass is 10.2. The number of nitrogens with zero attached hydrogens (tertiary/aromatic N) is 3. The van der Waals surface area contributed by atoms with Crippen molar-refractivity contribution in [2.45, 2.75) is 19.9 Å². The second-order valence-corrected chi connectivity index (χ2v) is 7.59. The molecule has 2 rings (SSSR count). The Labute approximate surface area is 150 Å². The Bertz CT molecular complexity index is 868. The Hall–Kier alpha value is -2.49. The molecule has 142 valence electrons. The molecule has 0 saturated carbocycles. The molecule has 1 aromatic heterocycles. The fourth-order valence-corrected chi connectivity index (χ4v) is 3.35. The number of halogens is 2. The van der Waals surface area contributed by atoms with Gasteiger partial charge in [-0.15, -0.1) is 0 Å². The highest BCUT2D eigenvalue weighted by Gasteiger charge is 2.22. The predicted octanol–water partition coefficient (Wildman–Crippen LogP) is 1.71. The summed E-state index contributed by atoms with van der Waals surface area (Å²) in [5, 5.41) is 2.54. The molecular formula is C16H20F2N4O3S. The number of hydrogen-bond acceptors (Lipinski definition) is 4. The van der Waals surface area contributed by atoms with Crippen LogP contribution in [0.15, 0.2) is 36.7 Å². The molecule has 7 nitrogen and oxygen atoms in total. The second kappa shape index (κ2) is 8.26. The van der Waals surface area contributed by atoms with Gasteiger partial charge in [0.1, 0.15) is 12.4 Å². The molecule has 1 N–H and O–H groups in total. The van der Waals surface area contributed by atoms with Crippen molar-refractivity contribution in [2.75, 3.05) is 23.7 Å². The van der Waals surface area contributed by atoms with Crippen LogP contribution in [0.4, 0.5) is 14.5 Å². The number of alkyl halides is 2. The van der Waals surface area contributed by atoms with Gasteiger partial charge in [-0.3, -0.25) is 13.7 Å². The number of para-hydroxylation sites is 1. The molecule has 0 bridgehead atoms. The molecule has 0 saturated heterocycles. The van der Waals surface area contributed by atoms with Crippen LogP contribution in [0.1, 0.15) is 17.9 Å². The Kier molecular flexibility index (Phi) is 6.30. The van der Waals surface area contributed by atoms with E-state index in [0.717, 1.165) is 16.8 Å². The van der Waals surface area contributed by atoms with Crippen molar-refractivity contribution >= 4 is 21.6 Å². The van der Waals surface area contributed by atoms with Crippen molar-refractivity contribution in [3.05, 3.63) is 48.0 Å². The summed E-state index contributed by atoms with van der Waals surface area (Å²) in [6, 6.07) is 6.81. The quantitative estimate of drug-likeness (QED) is 0.749. The van der Waals surface area contributed by atoms with Gasteiger partial charge in [-0.1, -0.05) is 18.2 Å². The van der Waals surface area contributed by atoms with Crippen molar-refractivity contribution in [2.24, 2.45) is 0 Å². The van der Waals surface area contributed by atoms with Gasteiger partial charge in [-0.2, -0.15) is 8.78 Å². The molecule has 0 atom stereocenters. The SMILES string of the molecule is Cc1ccccc1N(CC(=O)NCCc1nccn1C(F)F)S(C)(=O)=O. The Morgan fingerprint density at radius 3 is 2.65 bits per heavy atom. The van der Waals surface area contributed by atoms with E-state index < -0.39 is 29.0 Å². The van der Waals surface area contributed by atoms with E-state index in [4.69, 9.17) is 0 Å². The summed E-state index contributed by atoms with van der Waals surface area (Å²) < 4.78 is 51.3. The highest BCUT2D eigenvalue weighted by atomic mass is 32.2. The Morgan fingerprint density at radius 2 is 2.04 bits per heavy atom. The van der Waals surface area contributed by atoms with Gasteiger partial charge in [0, 0.05) is 25.4 Å². The normalized spacial score (nSPS) is 11.6. The van der Waals surface area contributed by atoms with Crippen molar-refractivity contribution < 1.29 is 22.0 Å². The van der Waals surface area contributed by atoms with Crippen molar-refractivity contribution in [3.63, 3.8) is 0 Å². The lowest BCUT2D eigenvalue weighted by Crippen LogP contribution is -2.41. The highest BCUT2D eigenvalue weighted by Crippen LogP contribution is 2.21. The van der Waals surface area contributed by atoms with Crippen LogP contribution >= 0.6 is 0 Å². The van der Waals surface area contributed by atoms with E-state index in [-0.39, 0.29) is 18.8 Å². The molecule has 0 radical (unpaired) electrons. The zero-order valence-electron chi connectivity index (χ0n) is 14.4. The monoisotopic (exact) mass is 386 g/mol. The van der Waals surface area contributed by atoms with E-state index in [9.17, 15) is 22.0 Å². The summed E-state index contributed by atoms with van der Waals surface area (Å²) in [5.41, 5.74) is 1.13. The molecule has 1 amide bonds. The summed E-state index contributed by atoms with van der Waals surface area (Å²) in [6.07, 6.45) is 3.54. The van der Waals surface area contributed by atoms with E-state index >= 15 is 0 Å². The van der Waals surface area contributed by atoms with Crippen LogP contribution in [0.3, 0.4) is 0 Å². The van der Waals surface area contributed by atoms with Gasteiger partial charge in [-0.25, -0.2) is 13.4 Å². The number of carbonyl (C=O) groups is 1. The summed E-state index contributed by atoms with van der Waals surface area (Å²) in [5.74, 6) is -0.395. The lowest BCUT2D eigenvalue weighted by molar-refractivity contribution is -0.119. The van der Waals surface area contributed by atoms with Crippen LogP contribution in [0.25, 0.3) is 0 Å². The van der Waals surface area contributed by atoms with E-state index in [2.05, 4.69) is 10.3 Å². The van der Waals surface area contributed by atoms with Gasteiger partial charge in [0.05, 0.1) is 11.9 Å². The van der Waals surface area contributed by atoms with Crippen LogP contribution in [-0.2, 0) is 21.2 Å². The van der Waals surface area contributed by atoms with E-state index in [1.165, 1.54) is 6.20 Å². The maximum Gasteiger partial charge on any atom is 0.319 e. The summed E-state index contributed by atoms with van der Waals surface area (Å²) in [4.78, 5) is 16.0. The highest BCUT2D eigenvalue weighted by molar-refractivity contribution is 7.92. The molecule has 0 spiro atoms. The van der Waals surface area contributed by atoms with Gasteiger partial charge < -0.3 is 5.32 Å².